The van der Waals surface area contributed by atoms with Gasteiger partial charge in [0.15, 0.2) is 0 Å². The fourth-order valence-corrected chi connectivity index (χ4v) is 1.94. The van der Waals surface area contributed by atoms with Crippen LogP contribution in [0.4, 0.5) is 5.69 Å². The van der Waals surface area contributed by atoms with E-state index in [9.17, 15) is 10.1 Å². The summed E-state index contributed by atoms with van der Waals surface area (Å²) in [7, 11) is 1.82. The number of hydrogen-bond donors (Lipinski definition) is 1. The van der Waals surface area contributed by atoms with Gasteiger partial charge in [0.05, 0.1) is 4.92 Å². The lowest BCUT2D eigenvalue weighted by atomic mass is 10.2. The standard InChI is InChI=1S/C14H13ClN2O3/c1-16-9-10-4-2-3-5-13(10)20-14-7-6-11(15)8-12(14)17(18)19/h2-8,16H,9H2,1H3. The summed E-state index contributed by atoms with van der Waals surface area (Å²) in [4.78, 5) is 10.5. The van der Waals surface area contributed by atoms with Crippen LogP contribution in [0.1, 0.15) is 5.56 Å². The van der Waals surface area contributed by atoms with Gasteiger partial charge in [0.25, 0.3) is 0 Å². The van der Waals surface area contributed by atoms with Crippen LogP contribution >= 0.6 is 11.6 Å². The molecule has 0 fully saturated rings. The zero-order valence-electron chi connectivity index (χ0n) is 10.8. The molecule has 0 aromatic heterocycles. The average molecular weight is 293 g/mol. The molecule has 1 N–H and O–H groups in total. The lowest BCUT2D eigenvalue weighted by Crippen LogP contribution is -2.06. The molecule has 6 heteroatoms. The molecule has 0 saturated carbocycles. The molecular weight excluding hydrogens is 280 g/mol. The molecule has 2 aromatic rings. The molecule has 2 aromatic carbocycles. The van der Waals surface area contributed by atoms with Crippen LogP contribution in [0.15, 0.2) is 42.5 Å². The first-order valence-electron chi connectivity index (χ1n) is 5.96. The number of nitro groups is 1. The van der Waals surface area contributed by atoms with Gasteiger partial charge in [-0.25, -0.2) is 0 Å². The van der Waals surface area contributed by atoms with E-state index >= 15 is 0 Å². The second kappa shape index (κ2) is 6.36. The number of hydrogen-bond acceptors (Lipinski definition) is 4. The number of rotatable bonds is 5. The predicted octanol–water partition coefficient (Wildman–Crippen LogP) is 3.76. The van der Waals surface area contributed by atoms with Crippen LogP contribution in [-0.4, -0.2) is 12.0 Å². The monoisotopic (exact) mass is 292 g/mol. The number of benzene rings is 2. The van der Waals surface area contributed by atoms with E-state index in [0.717, 1.165) is 5.56 Å². The summed E-state index contributed by atoms with van der Waals surface area (Å²) in [6, 6.07) is 11.7. The second-order valence-corrected chi connectivity index (χ2v) is 4.55. The lowest BCUT2D eigenvalue weighted by Gasteiger charge is -2.11. The molecule has 0 aliphatic carbocycles. The van der Waals surface area contributed by atoms with Gasteiger partial charge in [-0.2, -0.15) is 0 Å². The van der Waals surface area contributed by atoms with Crippen molar-refractivity contribution in [1.29, 1.82) is 0 Å². The van der Waals surface area contributed by atoms with E-state index in [-0.39, 0.29) is 11.4 Å². The minimum atomic E-state index is -0.512. The first kappa shape index (κ1) is 14.3. The molecule has 0 heterocycles. The first-order valence-corrected chi connectivity index (χ1v) is 6.34. The Bertz CT molecular complexity index is 632. The van der Waals surface area contributed by atoms with Gasteiger partial charge in [-0.05, 0) is 25.2 Å². The summed E-state index contributed by atoms with van der Waals surface area (Å²) in [5.41, 5.74) is 0.760. The molecule has 104 valence electrons. The Labute approximate surface area is 121 Å². The van der Waals surface area contributed by atoms with E-state index in [2.05, 4.69) is 5.32 Å². The maximum absolute atomic E-state index is 11.0. The predicted molar refractivity (Wildman–Crippen MR) is 77.4 cm³/mol. The fraction of sp³-hybridized carbons (Fsp3) is 0.143. The summed E-state index contributed by atoms with van der Waals surface area (Å²) in [5.74, 6) is 0.746. The molecule has 0 radical (unpaired) electrons. The van der Waals surface area contributed by atoms with Crippen molar-refractivity contribution in [3.05, 3.63) is 63.2 Å². The molecule has 0 amide bonds. The van der Waals surface area contributed by atoms with Crippen LogP contribution in [0.2, 0.25) is 5.02 Å². The molecule has 0 aliphatic rings. The smallest absolute Gasteiger partial charge is 0.313 e. The van der Waals surface area contributed by atoms with Gasteiger partial charge in [0, 0.05) is 23.2 Å². The average Bonchev–Trinajstić information content (AvgIpc) is 2.43. The lowest BCUT2D eigenvalue weighted by molar-refractivity contribution is -0.385. The van der Waals surface area contributed by atoms with Crippen LogP contribution in [0.3, 0.4) is 0 Å². The van der Waals surface area contributed by atoms with Crippen molar-refractivity contribution >= 4 is 17.3 Å². The number of halogens is 1. The van der Waals surface area contributed by atoms with Gasteiger partial charge in [0.1, 0.15) is 5.75 Å². The van der Waals surface area contributed by atoms with Crippen molar-refractivity contribution in [2.45, 2.75) is 6.54 Å². The van der Waals surface area contributed by atoms with E-state index in [4.69, 9.17) is 16.3 Å². The van der Waals surface area contributed by atoms with Crippen molar-refractivity contribution in [1.82, 2.24) is 5.32 Å². The molecule has 0 aliphatic heterocycles. The van der Waals surface area contributed by atoms with E-state index < -0.39 is 4.92 Å². The van der Waals surface area contributed by atoms with Crippen molar-refractivity contribution in [3.63, 3.8) is 0 Å². The van der Waals surface area contributed by atoms with Crippen LogP contribution < -0.4 is 10.1 Å². The quantitative estimate of drug-likeness (QED) is 0.673. The van der Waals surface area contributed by atoms with Crippen LogP contribution in [0, 0.1) is 10.1 Å². The highest BCUT2D eigenvalue weighted by Gasteiger charge is 2.17. The van der Waals surface area contributed by atoms with E-state index in [1.54, 1.807) is 12.1 Å². The molecule has 0 bridgehead atoms. The van der Waals surface area contributed by atoms with Crippen LogP contribution in [0.25, 0.3) is 0 Å². The Kier molecular flexibility index (Phi) is 4.55. The SMILES string of the molecule is CNCc1ccccc1Oc1ccc(Cl)cc1[N+](=O)[O-]. The highest BCUT2D eigenvalue weighted by atomic mass is 35.5. The highest BCUT2D eigenvalue weighted by Crippen LogP contribution is 2.34. The van der Waals surface area contributed by atoms with Crippen molar-refractivity contribution < 1.29 is 9.66 Å². The normalized spacial score (nSPS) is 10.3. The number of nitro benzene ring substituents is 1. The zero-order chi connectivity index (χ0) is 14.5. The molecule has 20 heavy (non-hydrogen) atoms. The van der Waals surface area contributed by atoms with Crippen molar-refractivity contribution in [2.24, 2.45) is 0 Å². The Hall–Kier alpha value is -2.11. The minimum absolute atomic E-state index is 0.156. The molecule has 0 atom stereocenters. The Morgan fingerprint density at radius 1 is 1.25 bits per heavy atom. The second-order valence-electron chi connectivity index (χ2n) is 4.11. The number of para-hydroxylation sites is 1. The van der Waals surface area contributed by atoms with Gasteiger partial charge >= 0.3 is 5.69 Å². The summed E-state index contributed by atoms with van der Waals surface area (Å²) in [6.07, 6.45) is 0. The third-order valence-corrected chi connectivity index (χ3v) is 2.91. The maximum atomic E-state index is 11.0. The third kappa shape index (κ3) is 3.26. The third-order valence-electron chi connectivity index (χ3n) is 2.68. The maximum Gasteiger partial charge on any atom is 0.313 e. The molecular formula is C14H13ClN2O3. The summed E-state index contributed by atoms with van der Waals surface area (Å²) in [6.45, 7) is 0.609. The van der Waals surface area contributed by atoms with Gasteiger partial charge in [-0.1, -0.05) is 29.8 Å². The Balaban J connectivity index is 2.37. The molecule has 0 unspecified atom stereocenters. The Morgan fingerprint density at radius 2 is 2.00 bits per heavy atom. The van der Waals surface area contributed by atoms with Crippen molar-refractivity contribution in [2.75, 3.05) is 7.05 Å². The zero-order valence-corrected chi connectivity index (χ0v) is 11.6. The van der Waals surface area contributed by atoms with Crippen LogP contribution in [0.5, 0.6) is 11.5 Å². The summed E-state index contributed by atoms with van der Waals surface area (Å²) in [5, 5.41) is 14.3. The largest absolute Gasteiger partial charge is 0.450 e. The number of nitrogens with zero attached hydrogens (tertiary/aromatic N) is 1. The van der Waals surface area contributed by atoms with E-state index in [1.165, 1.54) is 12.1 Å². The summed E-state index contributed by atoms with van der Waals surface area (Å²) >= 11 is 5.77. The van der Waals surface area contributed by atoms with Crippen LogP contribution in [-0.2, 0) is 6.54 Å². The van der Waals surface area contributed by atoms with E-state index in [0.29, 0.717) is 17.3 Å². The Morgan fingerprint density at radius 3 is 2.70 bits per heavy atom. The van der Waals surface area contributed by atoms with Gasteiger partial charge < -0.3 is 10.1 Å². The minimum Gasteiger partial charge on any atom is -0.450 e. The van der Waals surface area contributed by atoms with Gasteiger partial charge in [-0.15, -0.1) is 0 Å². The molecule has 0 saturated heterocycles. The van der Waals surface area contributed by atoms with Gasteiger partial charge in [-0.3, -0.25) is 10.1 Å². The number of nitrogens with one attached hydrogen (secondary N) is 1. The van der Waals surface area contributed by atoms with E-state index in [1.807, 2.05) is 25.2 Å². The topological polar surface area (TPSA) is 64.4 Å². The molecule has 2 rings (SSSR count). The molecule has 5 nitrogen and oxygen atoms in total. The van der Waals surface area contributed by atoms with Gasteiger partial charge in [0.2, 0.25) is 5.75 Å². The fourth-order valence-electron chi connectivity index (χ4n) is 1.78. The molecule has 0 spiro atoms. The highest BCUT2D eigenvalue weighted by molar-refractivity contribution is 6.30. The first-order chi connectivity index (χ1) is 9.61. The van der Waals surface area contributed by atoms with Crippen molar-refractivity contribution in [3.8, 4) is 11.5 Å². The number of ether oxygens (including phenoxy) is 1. The summed E-state index contributed by atoms with van der Waals surface area (Å²) < 4.78 is 5.67.